The van der Waals surface area contributed by atoms with Gasteiger partial charge in [-0.1, -0.05) is 0 Å². The Kier molecular flexibility index (Phi) is 6.72. The Morgan fingerprint density at radius 3 is 1.17 bits per heavy atom. The number of hydrogen-bond donors (Lipinski definition) is 3. The van der Waals surface area contributed by atoms with Gasteiger partial charge in [0, 0.05) is 0 Å². The van der Waals surface area contributed by atoms with Gasteiger partial charge < -0.3 is 25.2 Å². The normalized spacial score (nSPS) is 13.5. The molecule has 0 saturated heterocycles. The van der Waals surface area contributed by atoms with Gasteiger partial charge in [-0.3, -0.25) is 0 Å². The maximum atomic E-state index is 12.0. The van der Waals surface area contributed by atoms with Gasteiger partial charge in [0.05, 0.1) is 17.2 Å². The van der Waals surface area contributed by atoms with Crippen molar-refractivity contribution in [3.05, 3.63) is 0 Å². The fourth-order valence-corrected chi connectivity index (χ4v) is 2.17. The molecule has 3 N–H and O–H groups in total. The van der Waals surface area contributed by atoms with Crippen LogP contribution in [0.1, 0.15) is 69.2 Å². The molecule has 142 valence electrons. The summed E-state index contributed by atoms with van der Waals surface area (Å²) in [6, 6.07) is 0. The first kappa shape index (κ1) is 22.5. The van der Waals surface area contributed by atoms with E-state index in [1.54, 1.807) is 69.2 Å². The topological polar surface area (TPSA) is 96.9 Å². The Hall–Kier alpha value is -1.50. The van der Waals surface area contributed by atoms with Crippen molar-refractivity contribution < 1.29 is 24.2 Å². The van der Waals surface area contributed by atoms with Gasteiger partial charge >= 0.3 is 12.2 Å². The van der Waals surface area contributed by atoms with E-state index < -0.39 is 40.6 Å². The van der Waals surface area contributed by atoms with Gasteiger partial charge in [0.15, 0.2) is 0 Å². The third kappa shape index (κ3) is 8.38. The van der Waals surface area contributed by atoms with Crippen molar-refractivity contribution in [2.24, 2.45) is 0 Å². The highest BCUT2D eigenvalue weighted by atomic mass is 16.6. The Labute approximate surface area is 145 Å². The lowest BCUT2D eigenvalue weighted by Crippen LogP contribution is -2.65. The van der Waals surface area contributed by atoms with Gasteiger partial charge in [-0.25, -0.2) is 9.59 Å². The van der Waals surface area contributed by atoms with E-state index in [0.717, 1.165) is 0 Å². The molecule has 0 heterocycles. The average molecular weight is 346 g/mol. The predicted octanol–water partition coefficient (Wildman–Crippen LogP) is 2.95. The monoisotopic (exact) mass is 346 g/mol. The number of hydrogen-bond acceptors (Lipinski definition) is 5. The second-order valence-electron chi connectivity index (χ2n) is 9.10. The zero-order chi connectivity index (χ0) is 19.6. The molecule has 0 bridgehead atoms. The second-order valence-corrected chi connectivity index (χ2v) is 9.10. The number of aliphatic hydroxyl groups excluding tert-OH is 1. The second kappa shape index (κ2) is 7.17. The van der Waals surface area contributed by atoms with Crippen LogP contribution in [0, 0.1) is 0 Å². The Bertz CT molecular complexity index is 417. The van der Waals surface area contributed by atoms with Gasteiger partial charge in [-0.05, 0) is 69.2 Å². The Morgan fingerprint density at radius 2 is 0.958 bits per heavy atom. The number of nitrogens with one attached hydrogen (secondary N) is 2. The van der Waals surface area contributed by atoms with E-state index in [1.165, 1.54) is 0 Å². The zero-order valence-corrected chi connectivity index (χ0v) is 16.7. The van der Waals surface area contributed by atoms with Gasteiger partial charge in [-0.2, -0.15) is 0 Å². The van der Waals surface area contributed by atoms with E-state index in [0.29, 0.717) is 0 Å². The van der Waals surface area contributed by atoms with Crippen molar-refractivity contribution in [3.63, 3.8) is 0 Å². The van der Waals surface area contributed by atoms with Crippen molar-refractivity contribution in [1.29, 1.82) is 0 Å². The predicted molar refractivity (Wildman–Crippen MR) is 92.9 cm³/mol. The molecule has 0 saturated carbocycles. The van der Waals surface area contributed by atoms with E-state index in [1.807, 2.05) is 0 Å². The maximum Gasteiger partial charge on any atom is 0.408 e. The molecule has 0 aliphatic rings. The number of carbonyl (C=O) groups excluding carboxylic acids is 2. The molecule has 0 unspecified atom stereocenters. The minimum Gasteiger partial charge on any atom is -0.444 e. The molecule has 0 atom stereocenters. The summed E-state index contributed by atoms with van der Waals surface area (Å²) in [6.07, 6.45) is -2.37. The first-order valence-electron chi connectivity index (χ1n) is 8.06. The number of rotatable bonds is 4. The summed E-state index contributed by atoms with van der Waals surface area (Å²) in [5.41, 5.74) is -3.37. The molecular formula is C17H34N2O5. The minimum atomic E-state index is -1.09. The lowest BCUT2D eigenvalue weighted by atomic mass is 9.83. The molecule has 0 aromatic rings. The number of aliphatic hydroxyl groups is 1. The van der Waals surface area contributed by atoms with Gasteiger partial charge in [-0.15, -0.1) is 0 Å². The summed E-state index contributed by atoms with van der Waals surface area (Å²) < 4.78 is 10.4. The first-order valence-corrected chi connectivity index (χ1v) is 8.06. The van der Waals surface area contributed by atoms with Gasteiger partial charge in [0.25, 0.3) is 0 Å². The molecule has 0 aromatic carbocycles. The first-order chi connectivity index (χ1) is 10.4. The number of alkyl carbamates (subject to hydrolysis) is 2. The Morgan fingerprint density at radius 1 is 0.708 bits per heavy atom. The molecule has 0 spiro atoms. The molecule has 0 aliphatic heterocycles. The van der Waals surface area contributed by atoms with Crippen LogP contribution < -0.4 is 10.6 Å². The van der Waals surface area contributed by atoms with Crippen molar-refractivity contribution in [2.45, 2.75) is 97.6 Å². The van der Waals surface area contributed by atoms with Crippen LogP contribution in [0.15, 0.2) is 0 Å². The highest BCUT2D eigenvalue weighted by Gasteiger charge is 2.42. The molecular weight excluding hydrogens is 312 g/mol. The highest BCUT2D eigenvalue weighted by molar-refractivity contribution is 5.70. The molecule has 0 fully saturated rings. The lowest BCUT2D eigenvalue weighted by molar-refractivity contribution is -0.00897. The van der Waals surface area contributed by atoms with Crippen LogP contribution in [0.2, 0.25) is 0 Å². The lowest BCUT2D eigenvalue weighted by Gasteiger charge is -2.41. The molecule has 7 nitrogen and oxygen atoms in total. The molecule has 7 heteroatoms. The van der Waals surface area contributed by atoms with Crippen LogP contribution in [-0.4, -0.2) is 45.7 Å². The van der Waals surface area contributed by atoms with Crippen molar-refractivity contribution in [1.82, 2.24) is 10.6 Å². The van der Waals surface area contributed by atoms with Crippen LogP contribution in [-0.2, 0) is 9.47 Å². The van der Waals surface area contributed by atoms with E-state index in [-0.39, 0.29) is 0 Å². The fraction of sp³-hybridized carbons (Fsp3) is 0.882. The van der Waals surface area contributed by atoms with E-state index in [2.05, 4.69) is 10.6 Å². The van der Waals surface area contributed by atoms with Crippen LogP contribution >= 0.6 is 0 Å². The maximum absolute atomic E-state index is 12.0. The van der Waals surface area contributed by atoms with E-state index >= 15 is 0 Å². The summed E-state index contributed by atoms with van der Waals surface area (Å²) in [4.78, 5) is 23.9. The molecule has 24 heavy (non-hydrogen) atoms. The van der Waals surface area contributed by atoms with Crippen molar-refractivity contribution in [3.8, 4) is 0 Å². The molecule has 2 amide bonds. The number of amides is 2. The molecule has 0 rings (SSSR count). The summed E-state index contributed by atoms with van der Waals surface area (Å²) in [5, 5.41) is 15.9. The van der Waals surface area contributed by atoms with Gasteiger partial charge in [0.2, 0.25) is 0 Å². The summed E-state index contributed by atoms with van der Waals surface area (Å²) in [5.74, 6) is 0. The number of carbonyl (C=O) groups is 2. The minimum absolute atomic E-state index is 0.639. The third-order valence-electron chi connectivity index (χ3n) is 3.01. The molecule has 0 aliphatic carbocycles. The molecule has 0 radical (unpaired) electrons. The highest BCUT2D eigenvalue weighted by Crippen LogP contribution is 2.22. The van der Waals surface area contributed by atoms with Crippen molar-refractivity contribution in [2.75, 3.05) is 0 Å². The number of ether oxygens (including phenoxy) is 2. The van der Waals surface area contributed by atoms with Gasteiger partial charge in [0.1, 0.15) is 11.2 Å². The third-order valence-corrected chi connectivity index (χ3v) is 3.01. The van der Waals surface area contributed by atoms with E-state index in [9.17, 15) is 14.7 Å². The van der Waals surface area contributed by atoms with Crippen LogP contribution in [0.4, 0.5) is 9.59 Å². The van der Waals surface area contributed by atoms with Crippen LogP contribution in [0.25, 0.3) is 0 Å². The standard InChI is InChI=1S/C17H34N2O5/c1-14(2,3)23-12(21)18-16(7,8)11(20)17(9,10)19-13(22)24-15(4,5)6/h11,20H,1-10H3,(H,18,21)(H,19,22). The largest absolute Gasteiger partial charge is 0.444 e. The smallest absolute Gasteiger partial charge is 0.408 e. The molecule has 0 aromatic heterocycles. The summed E-state index contributed by atoms with van der Waals surface area (Å²) >= 11 is 0. The van der Waals surface area contributed by atoms with Crippen LogP contribution in [0.3, 0.4) is 0 Å². The van der Waals surface area contributed by atoms with Crippen LogP contribution in [0.5, 0.6) is 0 Å². The fourth-order valence-electron chi connectivity index (χ4n) is 2.17. The Balaban J connectivity index is 4.97. The average Bonchev–Trinajstić information content (AvgIpc) is 2.19. The quantitative estimate of drug-likeness (QED) is 0.727. The summed E-state index contributed by atoms with van der Waals surface area (Å²) in [6.45, 7) is 17.1. The zero-order valence-electron chi connectivity index (χ0n) is 16.7. The van der Waals surface area contributed by atoms with Crippen molar-refractivity contribution >= 4 is 12.2 Å². The summed E-state index contributed by atoms with van der Waals surface area (Å²) in [7, 11) is 0. The van der Waals surface area contributed by atoms with E-state index in [4.69, 9.17) is 9.47 Å². The SMILES string of the molecule is CC(C)(C)OC(=O)NC(C)(C)C(O)C(C)(C)NC(=O)OC(C)(C)C.